The molecule has 0 amide bonds. The van der Waals surface area contributed by atoms with E-state index in [4.69, 9.17) is 9.47 Å². The maximum absolute atomic E-state index is 6.10. The van der Waals surface area contributed by atoms with Crippen molar-refractivity contribution in [3.05, 3.63) is 54.4 Å². The molecular formula is C20H24N2O2. The summed E-state index contributed by atoms with van der Waals surface area (Å²) in [5, 5.41) is 0. The second-order valence-electron chi connectivity index (χ2n) is 6.81. The number of piperidine rings is 1. The molecule has 1 aromatic carbocycles. The van der Waals surface area contributed by atoms with Gasteiger partial charge in [0.15, 0.2) is 0 Å². The summed E-state index contributed by atoms with van der Waals surface area (Å²) in [6, 6.07) is 13.3. The molecule has 0 radical (unpaired) electrons. The summed E-state index contributed by atoms with van der Waals surface area (Å²) < 4.78 is 11.3. The highest BCUT2D eigenvalue weighted by atomic mass is 16.5. The highest BCUT2D eigenvalue weighted by molar-refractivity contribution is 5.31. The SMILES string of the molecule is COc1ccc(OC[C@H]2[C@H]3CC[C@@H](C3)N2Cc2cccnc2)cc1. The molecule has 0 unspecified atom stereocenters. The Labute approximate surface area is 143 Å². The van der Waals surface area contributed by atoms with Gasteiger partial charge in [-0.25, -0.2) is 0 Å². The molecule has 1 aliphatic carbocycles. The first-order valence-corrected chi connectivity index (χ1v) is 8.75. The van der Waals surface area contributed by atoms with Crippen LogP contribution < -0.4 is 9.47 Å². The summed E-state index contributed by atoms with van der Waals surface area (Å²) in [5.41, 5.74) is 1.29. The number of hydrogen-bond donors (Lipinski definition) is 0. The van der Waals surface area contributed by atoms with Crippen LogP contribution in [0.3, 0.4) is 0 Å². The maximum Gasteiger partial charge on any atom is 0.119 e. The van der Waals surface area contributed by atoms with Gasteiger partial charge in [-0.2, -0.15) is 0 Å². The minimum absolute atomic E-state index is 0.506. The van der Waals surface area contributed by atoms with E-state index in [2.05, 4.69) is 16.0 Å². The summed E-state index contributed by atoms with van der Waals surface area (Å²) in [6.07, 6.45) is 7.79. The first-order chi connectivity index (χ1) is 11.8. The van der Waals surface area contributed by atoms with Gasteiger partial charge >= 0.3 is 0 Å². The fourth-order valence-electron chi connectivity index (χ4n) is 4.22. The van der Waals surface area contributed by atoms with E-state index in [0.717, 1.165) is 30.6 Å². The predicted octanol–water partition coefficient (Wildman–Crippen LogP) is 3.52. The highest BCUT2D eigenvalue weighted by Crippen LogP contribution is 2.43. The van der Waals surface area contributed by atoms with Crippen LogP contribution in [0.5, 0.6) is 11.5 Å². The van der Waals surface area contributed by atoms with Gasteiger partial charge in [0.25, 0.3) is 0 Å². The second kappa shape index (κ2) is 6.81. The summed E-state index contributed by atoms with van der Waals surface area (Å²) in [5.74, 6) is 2.55. The zero-order chi connectivity index (χ0) is 16.4. The maximum atomic E-state index is 6.10. The van der Waals surface area contributed by atoms with E-state index in [1.54, 1.807) is 7.11 Å². The fourth-order valence-corrected chi connectivity index (χ4v) is 4.22. The second-order valence-corrected chi connectivity index (χ2v) is 6.81. The molecule has 2 fully saturated rings. The Hall–Kier alpha value is -2.07. The lowest BCUT2D eigenvalue weighted by atomic mass is 9.99. The number of nitrogens with zero attached hydrogens (tertiary/aromatic N) is 2. The smallest absolute Gasteiger partial charge is 0.119 e. The van der Waals surface area contributed by atoms with Crippen molar-refractivity contribution in [1.29, 1.82) is 0 Å². The van der Waals surface area contributed by atoms with Gasteiger partial charge in [-0.05, 0) is 61.1 Å². The molecule has 2 aliphatic rings. The van der Waals surface area contributed by atoms with Gasteiger partial charge in [0.2, 0.25) is 0 Å². The van der Waals surface area contributed by atoms with Crippen molar-refractivity contribution < 1.29 is 9.47 Å². The Balaban J connectivity index is 1.42. The summed E-state index contributed by atoms with van der Waals surface area (Å²) in [4.78, 5) is 6.89. The molecule has 0 spiro atoms. The lowest BCUT2D eigenvalue weighted by Crippen LogP contribution is -2.43. The number of likely N-dealkylation sites (tertiary alicyclic amines) is 1. The zero-order valence-electron chi connectivity index (χ0n) is 14.1. The third-order valence-corrected chi connectivity index (χ3v) is 5.45. The molecule has 3 atom stereocenters. The summed E-state index contributed by atoms with van der Waals surface area (Å²) in [6.45, 7) is 1.74. The van der Waals surface area contributed by atoms with Crippen LogP contribution >= 0.6 is 0 Å². The van der Waals surface area contributed by atoms with Crippen LogP contribution in [-0.4, -0.2) is 35.7 Å². The van der Waals surface area contributed by atoms with E-state index in [0.29, 0.717) is 12.1 Å². The molecule has 4 heteroatoms. The summed E-state index contributed by atoms with van der Waals surface area (Å²) >= 11 is 0. The number of benzene rings is 1. The van der Waals surface area contributed by atoms with E-state index in [1.807, 2.05) is 42.7 Å². The van der Waals surface area contributed by atoms with Crippen molar-refractivity contribution in [2.45, 2.75) is 37.9 Å². The molecule has 2 aromatic rings. The van der Waals surface area contributed by atoms with Crippen molar-refractivity contribution >= 4 is 0 Å². The molecular weight excluding hydrogens is 300 g/mol. The Morgan fingerprint density at radius 3 is 2.71 bits per heavy atom. The van der Waals surface area contributed by atoms with Crippen molar-refractivity contribution in [3.63, 3.8) is 0 Å². The molecule has 4 nitrogen and oxygen atoms in total. The number of ether oxygens (including phenoxy) is 2. The first kappa shape index (κ1) is 15.5. The molecule has 1 saturated carbocycles. The fraction of sp³-hybridized carbons (Fsp3) is 0.450. The van der Waals surface area contributed by atoms with Gasteiger partial charge in [0.1, 0.15) is 18.1 Å². The van der Waals surface area contributed by atoms with Crippen LogP contribution in [0.25, 0.3) is 0 Å². The van der Waals surface area contributed by atoms with E-state index < -0.39 is 0 Å². The first-order valence-electron chi connectivity index (χ1n) is 8.75. The van der Waals surface area contributed by atoms with Crippen LogP contribution in [0.1, 0.15) is 24.8 Å². The minimum atomic E-state index is 0.506. The third-order valence-electron chi connectivity index (χ3n) is 5.45. The number of rotatable bonds is 6. The molecule has 1 saturated heterocycles. The van der Waals surface area contributed by atoms with Gasteiger partial charge in [-0.1, -0.05) is 6.07 Å². The van der Waals surface area contributed by atoms with Crippen molar-refractivity contribution in [1.82, 2.24) is 9.88 Å². The molecule has 2 heterocycles. The van der Waals surface area contributed by atoms with E-state index in [-0.39, 0.29) is 0 Å². The van der Waals surface area contributed by atoms with Crippen molar-refractivity contribution in [2.75, 3.05) is 13.7 Å². The molecule has 1 aliphatic heterocycles. The topological polar surface area (TPSA) is 34.6 Å². The van der Waals surface area contributed by atoms with Crippen molar-refractivity contribution in [3.8, 4) is 11.5 Å². The van der Waals surface area contributed by atoms with Gasteiger partial charge in [-0.15, -0.1) is 0 Å². The molecule has 126 valence electrons. The van der Waals surface area contributed by atoms with Crippen LogP contribution in [0.15, 0.2) is 48.8 Å². The lowest BCUT2D eigenvalue weighted by Gasteiger charge is -2.35. The van der Waals surface area contributed by atoms with Crippen LogP contribution in [-0.2, 0) is 6.54 Å². The van der Waals surface area contributed by atoms with Gasteiger partial charge in [0, 0.05) is 31.0 Å². The highest BCUT2D eigenvalue weighted by Gasteiger charge is 2.45. The van der Waals surface area contributed by atoms with Crippen LogP contribution in [0, 0.1) is 5.92 Å². The summed E-state index contributed by atoms with van der Waals surface area (Å²) in [7, 11) is 1.68. The quantitative estimate of drug-likeness (QED) is 0.814. The Kier molecular flexibility index (Phi) is 4.39. The van der Waals surface area contributed by atoms with Crippen LogP contribution in [0.4, 0.5) is 0 Å². The van der Waals surface area contributed by atoms with Gasteiger partial charge < -0.3 is 9.47 Å². The standard InChI is InChI=1S/C20H24N2O2/c1-23-18-6-8-19(9-7-18)24-14-20-16-4-5-17(11-16)22(20)13-15-3-2-10-21-12-15/h2-3,6-10,12,16-17,20H,4-5,11,13-14H2,1H3/t16-,17-,20-/m0/s1. The minimum Gasteiger partial charge on any atom is -0.497 e. The normalized spacial score (nSPS) is 25.8. The Bertz CT molecular complexity index is 659. The largest absolute Gasteiger partial charge is 0.497 e. The molecule has 0 N–H and O–H groups in total. The Morgan fingerprint density at radius 2 is 1.96 bits per heavy atom. The monoisotopic (exact) mass is 324 g/mol. The number of hydrogen-bond acceptors (Lipinski definition) is 4. The number of methoxy groups -OCH3 is 1. The number of pyridine rings is 1. The molecule has 1 aromatic heterocycles. The average molecular weight is 324 g/mol. The van der Waals surface area contributed by atoms with Gasteiger partial charge in [0.05, 0.1) is 7.11 Å². The third kappa shape index (κ3) is 3.11. The zero-order valence-corrected chi connectivity index (χ0v) is 14.1. The molecule has 24 heavy (non-hydrogen) atoms. The molecule has 2 bridgehead atoms. The van der Waals surface area contributed by atoms with E-state index >= 15 is 0 Å². The number of fused-ring (bicyclic) bond motifs is 2. The predicted molar refractivity (Wildman–Crippen MR) is 93.2 cm³/mol. The number of aromatic nitrogens is 1. The van der Waals surface area contributed by atoms with Crippen molar-refractivity contribution in [2.24, 2.45) is 5.92 Å². The molecule has 4 rings (SSSR count). The lowest BCUT2D eigenvalue weighted by molar-refractivity contribution is 0.0866. The average Bonchev–Trinajstić information content (AvgIpc) is 3.23. The Morgan fingerprint density at radius 1 is 1.12 bits per heavy atom. The van der Waals surface area contributed by atoms with E-state index in [1.165, 1.54) is 24.8 Å². The van der Waals surface area contributed by atoms with Gasteiger partial charge in [-0.3, -0.25) is 9.88 Å². The van der Waals surface area contributed by atoms with Crippen LogP contribution in [0.2, 0.25) is 0 Å². The van der Waals surface area contributed by atoms with E-state index in [9.17, 15) is 0 Å².